The van der Waals surface area contributed by atoms with Crippen LogP contribution in [0.5, 0.6) is 0 Å². The summed E-state index contributed by atoms with van der Waals surface area (Å²) in [5.74, 6) is -2.59. The summed E-state index contributed by atoms with van der Waals surface area (Å²) in [6.07, 6.45) is 4.23. The molecule has 4 aliphatic rings. The average molecular weight is 433 g/mol. The molecule has 2 heterocycles. The lowest BCUT2D eigenvalue weighted by Crippen LogP contribution is -2.54. The van der Waals surface area contributed by atoms with Gasteiger partial charge in [0.25, 0.3) is 0 Å². The maximum Gasteiger partial charge on any atom is 0.335 e. The van der Waals surface area contributed by atoms with E-state index < -0.39 is 47.6 Å². The molecule has 4 rings (SSSR count). The molecule has 0 amide bonds. The van der Waals surface area contributed by atoms with Crippen molar-refractivity contribution in [3.63, 3.8) is 0 Å². The molecule has 2 fully saturated rings. The van der Waals surface area contributed by atoms with Crippen LogP contribution in [0, 0.1) is 35.5 Å². The summed E-state index contributed by atoms with van der Waals surface area (Å²) in [4.78, 5) is 38.3. The summed E-state index contributed by atoms with van der Waals surface area (Å²) < 4.78 is 17.8. The summed E-state index contributed by atoms with van der Waals surface area (Å²) in [5, 5.41) is 10.3. The zero-order chi connectivity index (χ0) is 22.7. The van der Waals surface area contributed by atoms with Crippen LogP contribution in [-0.2, 0) is 28.6 Å². The molecule has 0 aromatic rings. The number of hydrogen-bond acceptors (Lipinski definition) is 7. The van der Waals surface area contributed by atoms with Crippen molar-refractivity contribution < 1.29 is 33.7 Å². The highest BCUT2D eigenvalue weighted by atomic mass is 16.6. The highest BCUT2D eigenvalue weighted by Gasteiger charge is 2.68. The highest BCUT2D eigenvalue weighted by molar-refractivity contribution is 5.90. The first-order valence-electron chi connectivity index (χ1n) is 11.1. The van der Waals surface area contributed by atoms with Gasteiger partial charge in [-0.05, 0) is 25.8 Å². The number of esters is 1. The molecule has 2 aliphatic heterocycles. The van der Waals surface area contributed by atoms with Crippen LogP contribution < -0.4 is 0 Å². The number of rotatable bonds is 3. The lowest BCUT2D eigenvalue weighted by molar-refractivity contribution is -0.171. The standard InChI is InChI=1S/C24H32O7/c1-11-8-12(2)24-15(9-18(29-5)23(28)30-21(11)14(4)26)6-7-16-19(24)20(27)13(3)17(10-25)22(16)31-24/h6-8,10-11,13-19,21-22,26H,9H2,1-5H3/b12-8+/t11-,13?,14?,15-,16-,17+,18+,19+,21+,22-,24+/m1/s1. The monoisotopic (exact) mass is 432 g/mol. The number of cyclic esters (lactones) is 1. The van der Waals surface area contributed by atoms with Gasteiger partial charge in [0.05, 0.1) is 24.0 Å². The summed E-state index contributed by atoms with van der Waals surface area (Å²) in [6.45, 7) is 7.21. The molecule has 0 radical (unpaired) electrons. The van der Waals surface area contributed by atoms with E-state index in [0.717, 1.165) is 11.9 Å². The zero-order valence-electron chi connectivity index (χ0n) is 18.7. The van der Waals surface area contributed by atoms with E-state index in [1.54, 1.807) is 13.8 Å². The smallest absolute Gasteiger partial charge is 0.335 e. The fraction of sp³-hybridized carbons (Fsp3) is 0.708. The number of aliphatic hydroxyl groups is 1. The van der Waals surface area contributed by atoms with Gasteiger partial charge < -0.3 is 24.1 Å². The first kappa shape index (κ1) is 22.4. The van der Waals surface area contributed by atoms with Crippen LogP contribution in [0.1, 0.15) is 34.1 Å². The average Bonchev–Trinajstić information content (AvgIpc) is 2.91. The van der Waals surface area contributed by atoms with Crippen molar-refractivity contribution in [3.05, 3.63) is 23.8 Å². The van der Waals surface area contributed by atoms with Gasteiger partial charge in [-0.1, -0.05) is 32.1 Å². The van der Waals surface area contributed by atoms with Crippen molar-refractivity contribution in [2.24, 2.45) is 35.5 Å². The topological polar surface area (TPSA) is 99.1 Å². The molecule has 11 atom stereocenters. The summed E-state index contributed by atoms with van der Waals surface area (Å²) in [6, 6.07) is 0. The summed E-state index contributed by atoms with van der Waals surface area (Å²) in [7, 11) is 1.45. The maximum atomic E-state index is 13.5. The predicted octanol–water partition coefficient (Wildman–Crippen LogP) is 1.87. The van der Waals surface area contributed by atoms with Crippen molar-refractivity contribution in [2.45, 2.75) is 64.1 Å². The first-order valence-corrected chi connectivity index (χ1v) is 11.1. The van der Waals surface area contributed by atoms with Gasteiger partial charge in [-0.25, -0.2) is 4.79 Å². The van der Waals surface area contributed by atoms with E-state index in [1.165, 1.54) is 7.11 Å². The molecule has 7 heteroatoms. The summed E-state index contributed by atoms with van der Waals surface area (Å²) >= 11 is 0. The Balaban J connectivity index is 1.88. The number of aldehydes is 1. The highest BCUT2D eigenvalue weighted by Crippen LogP contribution is 2.60. The molecular weight excluding hydrogens is 400 g/mol. The Morgan fingerprint density at radius 2 is 2.00 bits per heavy atom. The Labute approximate surface area is 182 Å². The van der Waals surface area contributed by atoms with Gasteiger partial charge in [-0.3, -0.25) is 4.79 Å². The maximum absolute atomic E-state index is 13.5. The van der Waals surface area contributed by atoms with Crippen LogP contribution in [0.15, 0.2) is 23.8 Å². The molecule has 1 spiro atoms. The van der Waals surface area contributed by atoms with E-state index in [2.05, 4.69) is 0 Å². The minimum atomic E-state index is -0.945. The van der Waals surface area contributed by atoms with Crippen LogP contribution in [0.2, 0.25) is 0 Å². The van der Waals surface area contributed by atoms with E-state index >= 15 is 0 Å². The van der Waals surface area contributed by atoms with Crippen molar-refractivity contribution in [1.29, 1.82) is 0 Å². The molecule has 0 aromatic carbocycles. The fourth-order valence-electron chi connectivity index (χ4n) is 6.36. The molecule has 4 bridgehead atoms. The van der Waals surface area contributed by atoms with E-state index in [4.69, 9.17) is 14.2 Å². The van der Waals surface area contributed by atoms with Crippen LogP contribution in [0.25, 0.3) is 0 Å². The first-order chi connectivity index (χ1) is 14.7. The van der Waals surface area contributed by atoms with Crippen molar-refractivity contribution in [1.82, 2.24) is 0 Å². The number of aliphatic hydroxyl groups excluding tert-OH is 1. The lowest BCUT2D eigenvalue weighted by Gasteiger charge is -2.45. The number of hydrogen-bond donors (Lipinski definition) is 1. The third-order valence-electron chi connectivity index (χ3n) is 7.93. The van der Waals surface area contributed by atoms with Gasteiger partial charge in [0, 0.05) is 30.8 Å². The molecule has 2 aliphatic carbocycles. The van der Waals surface area contributed by atoms with Gasteiger partial charge in [0.15, 0.2) is 6.10 Å². The summed E-state index contributed by atoms with van der Waals surface area (Å²) in [5.41, 5.74) is -0.0728. The largest absolute Gasteiger partial charge is 0.457 e. The number of ketones is 1. The third-order valence-corrected chi connectivity index (χ3v) is 7.93. The van der Waals surface area contributed by atoms with Crippen molar-refractivity contribution in [2.75, 3.05) is 7.11 Å². The lowest BCUT2D eigenvalue weighted by atomic mass is 9.57. The second-order valence-corrected chi connectivity index (χ2v) is 9.64. The van der Waals surface area contributed by atoms with Crippen molar-refractivity contribution >= 4 is 18.0 Å². The number of carbonyl (C=O) groups excluding carboxylic acids is 3. The van der Waals surface area contributed by atoms with Gasteiger partial charge in [-0.2, -0.15) is 0 Å². The van der Waals surface area contributed by atoms with E-state index in [1.807, 2.05) is 32.1 Å². The number of Topliss-reactive ketones (excluding diaryl/α,β-unsaturated/α-hetero) is 1. The molecular formula is C24H32O7. The van der Waals surface area contributed by atoms with Gasteiger partial charge in [0.1, 0.15) is 23.8 Å². The SMILES string of the molecule is CO[C@H]1C[C@H]2C=C[C@H]3[C@H]4O[C@]2(/C(C)=C/[C@@H](C)[C@@H](C(C)O)OC1=O)[C@@H]3C(=O)C(C)[C@@H]4C=O. The molecule has 7 nitrogen and oxygen atoms in total. The van der Waals surface area contributed by atoms with E-state index in [0.29, 0.717) is 0 Å². The quantitative estimate of drug-likeness (QED) is 0.413. The molecule has 1 saturated heterocycles. The van der Waals surface area contributed by atoms with E-state index in [9.17, 15) is 19.5 Å². The van der Waals surface area contributed by atoms with Gasteiger partial charge in [-0.15, -0.1) is 0 Å². The van der Waals surface area contributed by atoms with Gasteiger partial charge in [0.2, 0.25) is 0 Å². The van der Waals surface area contributed by atoms with Crippen LogP contribution in [0.4, 0.5) is 0 Å². The minimum absolute atomic E-state index is 0.0336. The number of ether oxygens (including phenoxy) is 3. The second kappa shape index (κ2) is 7.94. The normalized spacial score (nSPS) is 49.5. The van der Waals surface area contributed by atoms with Gasteiger partial charge >= 0.3 is 5.97 Å². The Morgan fingerprint density at radius 3 is 2.61 bits per heavy atom. The fourth-order valence-corrected chi connectivity index (χ4v) is 6.36. The van der Waals surface area contributed by atoms with Crippen molar-refractivity contribution in [3.8, 4) is 0 Å². The van der Waals surface area contributed by atoms with E-state index in [-0.39, 0.29) is 36.1 Å². The minimum Gasteiger partial charge on any atom is -0.457 e. The molecule has 31 heavy (non-hydrogen) atoms. The number of carbonyl (C=O) groups is 3. The molecule has 170 valence electrons. The van der Waals surface area contributed by atoms with Crippen LogP contribution in [0.3, 0.4) is 0 Å². The number of methoxy groups -OCH3 is 1. The zero-order valence-corrected chi connectivity index (χ0v) is 18.7. The van der Waals surface area contributed by atoms with Crippen LogP contribution in [-0.4, -0.2) is 60.3 Å². The molecule has 1 saturated carbocycles. The molecule has 0 aromatic heterocycles. The second-order valence-electron chi connectivity index (χ2n) is 9.64. The Hall–Kier alpha value is -1.83. The third kappa shape index (κ3) is 3.16. The molecule has 2 unspecified atom stereocenters. The predicted molar refractivity (Wildman–Crippen MR) is 111 cm³/mol. The molecule has 1 N–H and O–H groups in total. The Kier molecular flexibility index (Phi) is 5.73. The Bertz CT molecular complexity index is 830. The van der Waals surface area contributed by atoms with Crippen LogP contribution >= 0.6 is 0 Å². The Morgan fingerprint density at radius 1 is 1.29 bits per heavy atom.